The van der Waals surface area contributed by atoms with Crippen molar-refractivity contribution in [1.29, 1.82) is 0 Å². The average molecular weight is 389 g/mol. The first-order chi connectivity index (χ1) is 14.3. The van der Waals surface area contributed by atoms with Crippen molar-refractivity contribution in [3.05, 3.63) is 72.2 Å². The second kappa shape index (κ2) is 9.58. The Morgan fingerprint density at radius 2 is 1.62 bits per heavy atom. The maximum Gasteiger partial charge on any atom is 0.161 e. The van der Waals surface area contributed by atoms with E-state index in [0.29, 0.717) is 0 Å². The minimum Gasteiger partial charge on any atom is -0.369 e. The highest BCUT2D eigenvalue weighted by Gasteiger charge is 2.16. The molecule has 0 aliphatic carbocycles. The molecular weight excluding hydrogens is 360 g/mol. The SMILES string of the molecule is Cc1cc(NCCN2CCN(Cc3ccccc3)CC2)nc(-c2ccncc2)n1. The standard InChI is InChI=1S/C23H28N6/c1-19-17-22(27-23(26-19)21-7-9-24-10-8-21)25-11-12-28-13-15-29(16-14-28)18-20-5-3-2-4-6-20/h2-10,17H,11-16,18H2,1H3,(H,25,26,27). The Morgan fingerprint density at radius 3 is 2.38 bits per heavy atom. The quantitative estimate of drug-likeness (QED) is 0.671. The maximum atomic E-state index is 4.67. The van der Waals surface area contributed by atoms with Gasteiger partial charge in [-0.2, -0.15) is 0 Å². The molecule has 3 heterocycles. The average Bonchev–Trinajstić information content (AvgIpc) is 2.76. The zero-order valence-corrected chi connectivity index (χ0v) is 17.0. The first kappa shape index (κ1) is 19.5. The van der Waals surface area contributed by atoms with Crippen LogP contribution in [0.1, 0.15) is 11.3 Å². The van der Waals surface area contributed by atoms with E-state index in [1.165, 1.54) is 5.56 Å². The van der Waals surface area contributed by atoms with E-state index in [2.05, 4.69) is 60.4 Å². The largest absolute Gasteiger partial charge is 0.369 e. The highest BCUT2D eigenvalue weighted by molar-refractivity contribution is 5.56. The molecule has 1 aliphatic rings. The Bertz CT molecular complexity index is 892. The Hall–Kier alpha value is -2.83. The zero-order chi connectivity index (χ0) is 19.9. The monoisotopic (exact) mass is 388 g/mol. The number of nitrogens with one attached hydrogen (secondary N) is 1. The van der Waals surface area contributed by atoms with Gasteiger partial charge in [-0.25, -0.2) is 9.97 Å². The molecule has 6 nitrogen and oxygen atoms in total. The maximum absolute atomic E-state index is 4.67. The highest BCUT2D eigenvalue weighted by atomic mass is 15.3. The van der Waals surface area contributed by atoms with Crippen LogP contribution in [-0.2, 0) is 6.54 Å². The third-order valence-electron chi connectivity index (χ3n) is 5.24. The fourth-order valence-electron chi connectivity index (χ4n) is 3.64. The minimum atomic E-state index is 0.740. The Labute approximate surface area is 172 Å². The molecule has 1 fully saturated rings. The summed E-state index contributed by atoms with van der Waals surface area (Å²) in [6, 6.07) is 16.6. The van der Waals surface area contributed by atoms with E-state index in [1.807, 2.05) is 25.1 Å². The first-order valence-electron chi connectivity index (χ1n) is 10.2. The highest BCUT2D eigenvalue weighted by Crippen LogP contribution is 2.17. The van der Waals surface area contributed by atoms with Crippen LogP contribution in [0.3, 0.4) is 0 Å². The minimum absolute atomic E-state index is 0.740. The van der Waals surface area contributed by atoms with Crippen molar-refractivity contribution in [3.63, 3.8) is 0 Å². The molecule has 0 saturated carbocycles. The Morgan fingerprint density at radius 1 is 0.897 bits per heavy atom. The summed E-state index contributed by atoms with van der Waals surface area (Å²) in [6.45, 7) is 9.41. The molecular formula is C23H28N6. The number of hydrogen-bond donors (Lipinski definition) is 1. The van der Waals surface area contributed by atoms with Crippen LogP contribution in [-0.4, -0.2) is 64.0 Å². The number of benzene rings is 1. The first-order valence-corrected chi connectivity index (χ1v) is 10.2. The molecule has 0 unspecified atom stereocenters. The number of nitrogens with zero attached hydrogens (tertiary/aromatic N) is 5. The zero-order valence-electron chi connectivity index (χ0n) is 17.0. The third-order valence-corrected chi connectivity index (χ3v) is 5.24. The number of pyridine rings is 1. The molecule has 1 aromatic carbocycles. The Kier molecular flexibility index (Phi) is 6.44. The molecule has 0 bridgehead atoms. The summed E-state index contributed by atoms with van der Waals surface area (Å²) in [7, 11) is 0. The van der Waals surface area contributed by atoms with Gasteiger partial charge in [0.1, 0.15) is 5.82 Å². The van der Waals surface area contributed by atoms with Crippen LogP contribution in [0.4, 0.5) is 5.82 Å². The van der Waals surface area contributed by atoms with Gasteiger partial charge in [-0.15, -0.1) is 0 Å². The van der Waals surface area contributed by atoms with Crippen LogP contribution in [0.2, 0.25) is 0 Å². The molecule has 1 aliphatic heterocycles. The summed E-state index contributed by atoms with van der Waals surface area (Å²) >= 11 is 0. The number of hydrogen-bond acceptors (Lipinski definition) is 6. The van der Waals surface area contributed by atoms with E-state index < -0.39 is 0 Å². The van der Waals surface area contributed by atoms with Gasteiger partial charge in [-0.1, -0.05) is 30.3 Å². The lowest BCUT2D eigenvalue weighted by molar-refractivity contribution is 0.130. The number of rotatable bonds is 7. The predicted octanol–water partition coefficient (Wildman–Crippen LogP) is 3.08. The van der Waals surface area contributed by atoms with E-state index >= 15 is 0 Å². The number of aromatic nitrogens is 3. The second-order valence-corrected chi connectivity index (χ2v) is 7.48. The summed E-state index contributed by atoms with van der Waals surface area (Å²) in [4.78, 5) is 18.3. The van der Waals surface area contributed by atoms with Gasteiger partial charge in [0, 0.05) is 75.5 Å². The summed E-state index contributed by atoms with van der Waals surface area (Å²) in [5, 5.41) is 3.47. The van der Waals surface area contributed by atoms with Gasteiger partial charge < -0.3 is 5.32 Å². The number of anilines is 1. The van der Waals surface area contributed by atoms with E-state index in [9.17, 15) is 0 Å². The van der Waals surface area contributed by atoms with E-state index in [-0.39, 0.29) is 0 Å². The molecule has 1 N–H and O–H groups in total. The summed E-state index contributed by atoms with van der Waals surface area (Å²) < 4.78 is 0. The molecule has 2 aromatic heterocycles. The van der Waals surface area contributed by atoms with Crippen molar-refractivity contribution >= 4 is 5.82 Å². The third kappa shape index (κ3) is 5.59. The number of aryl methyl sites for hydroxylation is 1. The van der Waals surface area contributed by atoms with Crippen molar-refractivity contribution in [2.24, 2.45) is 0 Å². The van der Waals surface area contributed by atoms with E-state index in [0.717, 1.165) is 68.7 Å². The van der Waals surface area contributed by atoms with Crippen LogP contribution >= 0.6 is 0 Å². The van der Waals surface area contributed by atoms with Gasteiger partial charge >= 0.3 is 0 Å². The lowest BCUT2D eigenvalue weighted by atomic mass is 10.2. The molecule has 0 atom stereocenters. The fourth-order valence-corrected chi connectivity index (χ4v) is 3.64. The van der Waals surface area contributed by atoms with Crippen molar-refractivity contribution < 1.29 is 0 Å². The van der Waals surface area contributed by atoms with Gasteiger partial charge in [0.15, 0.2) is 5.82 Å². The molecule has 0 spiro atoms. The van der Waals surface area contributed by atoms with Crippen LogP contribution in [0.15, 0.2) is 60.9 Å². The summed E-state index contributed by atoms with van der Waals surface area (Å²) in [5.74, 6) is 1.62. The molecule has 3 aromatic rings. The normalized spacial score (nSPS) is 15.3. The summed E-state index contributed by atoms with van der Waals surface area (Å²) in [5.41, 5.74) is 3.34. The molecule has 150 valence electrons. The van der Waals surface area contributed by atoms with Crippen molar-refractivity contribution in [3.8, 4) is 11.4 Å². The number of piperazine rings is 1. The van der Waals surface area contributed by atoms with E-state index in [4.69, 9.17) is 0 Å². The molecule has 1 saturated heterocycles. The second-order valence-electron chi connectivity index (χ2n) is 7.48. The molecule has 29 heavy (non-hydrogen) atoms. The van der Waals surface area contributed by atoms with Gasteiger partial charge in [0.05, 0.1) is 0 Å². The van der Waals surface area contributed by atoms with Crippen LogP contribution in [0.25, 0.3) is 11.4 Å². The summed E-state index contributed by atoms with van der Waals surface area (Å²) in [6.07, 6.45) is 3.54. The molecule has 6 heteroatoms. The molecule has 0 amide bonds. The van der Waals surface area contributed by atoms with E-state index in [1.54, 1.807) is 12.4 Å². The van der Waals surface area contributed by atoms with Gasteiger partial charge in [-0.05, 0) is 24.6 Å². The lowest BCUT2D eigenvalue weighted by Gasteiger charge is -2.34. The van der Waals surface area contributed by atoms with Gasteiger partial charge in [0.25, 0.3) is 0 Å². The molecule has 0 radical (unpaired) electrons. The van der Waals surface area contributed by atoms with Crippen molar-refractivity contribution in [2.75, 3.05) is 44.6 Å². The van der Waals surface area contributed by atoms with Gasteiger partial charge in [-0.3, -0.25) is 14.8 Å². The van der Waals surface area contributed by atoms with Crippen molar-refractivity contribution in [2.45, 2.75) is 13.5 Å². The van der Waals surface area contributed by atoms with Crippen molar-refractivity contribution in [1.82, 2.24) is 24.8 Å². The van der Waals surface area contributed by atoms with Crippen LogP contribution in [0.5, 0.6) is 0 Å². The fraction of sp³-hybridized carbons (Fsp3) is 0.348. The van der Waals surface area contributed by atoms with Crippen LogP contribution in [0, 0.1) is 6.92 Å². The lowest BCUT2D eigenvalue weighted by Crippen LogP contribution is -2.47. The predicted molar refractivity (Wildman–Crippen MR) is 117 cm³/mol. The van der Waals surface area contributed by atoms with Gasteiger partial charge in [0.2, 0.25) is 0 Å². The molecule has 4 rings (SSSR count). The van der Waals surface area contributed by atoms with Crippen LogP contribution < -0.4 is 5.32 Å². The topological polar surface area (TPSA) is 57.2 Å². The Balaban J connectivity index is 1.24. The smallest absolute Gasteiger partial charge is 0.161 e.